The monoisotopic (exact) mass is 465 g/mol. The van der Waals surface area contributed by atoms with Crippen molar-refractivity contribution in [3.63, 3.8) is 0 Å². The van der Waals surface area contributed by atoms with Crippen molar-refractivity contribution in [1.82, 2.24) is 16.0 Å². The molecule has 0 fully saturated rings. The number of amides is 3. The van der Waals surface area contributed by atoms with Crippen LogP contribution >= 0.6 is 0 Å². The Morgan fingerprint density at radius 1 is 0.818 bits per heavy atom. The molecule has 0 saturated heterocycles. The number of esters is 2. The van der Waals surface area contributed by atoms with Gasteiger partial charge in [-0.15, -0.1) is 0 Å². The van der Waals surface area contributed by atoms with Crippen LogP contribution in [0.3, 0.4) is 0 Å². The Balaban J connectivity index is 2.86. The number of alkyl carbamates (subject to hydrolysis) is 1. The van der Waals surface area contributed by atoms with Crippen LogP contribution in [0, 0.1) is 5.92 Å². The summed E-state index contributed by atoms with van der Waals surface area (Å²) >= 11 is 0. The lowest BCUT2D eigenvalue weighted by Crippen LogP contribution is -2.58. The van der Waals surface area contributed by atoms with Crippen molar-refractivity contribution >= 4 is 29.8 Å². The number of rotatable bonds is 11. The summed E-state index contributed by atoms with van der Waals surface area (Å²) in [7, 11) is 2.19. The van der Waals surface area contributed by atoms with Gasteiger partial charge in [-0.1, -0.05) is 44.2 Å². The van der Waals surface area contributed by atoms with E-state index in [0.29, 0.717) is 0 Å². The third-order valence-electron chi connectivity index (χ3n) is 4.43. The van der Waals surface area contributed by atoms with E-state index < -0.39 is 48.0 Å². The minimum atomic E-state index is -1.74. The van der Waals surface area contributed by atoms with Crippen LogP contribution in [0.15, 0.2) is 30.3 Å². The lowest BCUT2D eigenvalue weighted by atomic mass is 10.0. The summed E-state index contributed by atoms with van der Waals surface area (Å²) in [5.74, 6) is -3.56. The molecule has 0 saturated carbocycles. The minimum Gasteiger partial charge on any atom is -0.467 e. The van der Waals surface area contributed by atoms with Gasteiger partial charge in [-0.25, -0.2) is 14.4 Å². The molecule has 182 valence electrons. The maximum atomic E-state index is 12.8. The fourth-order valence-electron chi connectivity index (χ4n) is 2.73. The van der Waals surface area contributed by atoms with Gasteiger partial charge in [-0.2, -0.15) is 0 Å². The van der Waals surface area contributed by atoms with Crippen LogP contribution in [0.1, 0.15) is 32.8 Å². The van der Waals surface area contributed by atoms with E-state index in [0.717, 1.165) is 19.8 Å². The van der Waals surface area contributed by atoms with Gasteiger partial charge in [-0.05, 0) is 24.8 Å². The maximum absolute atomic E-state index is 12.8. The van der Waals surface area contributed by atoms with E-state index in [1.807, 2.05) is 19.9 Å². The Labute approximate surface area is 192 Å². The zero-order valence-electron chi connectivity index (χ0n) is 19.4. The summed E-state index contributed by atoms with van der Waals surface area (Å²) in [5.41, 5.74) is 0.764. The number of methoxy groups -OCH3 is 2. The Morgan fingerprint density at radius 2 is 1.42 bits per heavy atom. The number of nitrogens with one attached hydrogen (secondary N) is 3. The molecule has 3 atom stereocenters. The van der Waals surface area contributed by atoms with Crippen LogP contribution < -0.4 is 16.0 Å². The smallest absolute Gasteiger partial charge is 0.408 e. The fraction of sp³-hybridized carbons (Fsp3) is 0.500. The van der Waals surface area contributed by atoms with E-state index in [2.05, 4.69) is 25.4 Å². The first kappa shape index (κ1) is 27.4. The second-order valence-electron chi connectivity index (χ2n) is 7.61. The molecule has 0 aliphatic rings. The molecular formula is C22H31N3O8. The molecule has 0 aliphatic carbocycles. The number of hydrogen-bond acceptors (Lipinski definition) is 8. The molecule has 0 radical (unpaired) electrons. The standard InChI is InChI=1S/C22H31N3O8/c1-13(2)11-16(24-22(30)33-12-15-9-7-6-8-10-15)18(26)25-17(21(29)32-5)19(27)23-14(3)20(28)31-4/h6-10,13-14,16-17H,11-12H2,1-5H3,(H,23,27)(H,24,30)(H,25,26)/t14-,16-,17?/m0/s1. The summed E-state index contributed by atoms with van der Waals surface area (Å²) in [6.45, 7) is 5.02. The van der Waals surface area contributed by atoms with E-state index in [1.54, 1.807) is 24.3 Å². The van der Waals surface area contributed by atoms with Crippen molar-refractivity contribution in [2.24, 2.45) is 5.92 Å². The predicted octanol–water partition coefficient (Wildman–Crippen LogP) is 0.663. The molecule has 33 heavy (non-hydrogen) atoms. The molecule has 0 heterocycles. The Bertz CT molecular complexity index is 828. The lowest BCUT2D eigenvalue weighted by Gasteiger charge is -2.23. The second kappa shape index (κ2) is 13.7. The average Bonchev–Trinajstić information content (AvgIpc) is 2.79. The van der Waals surface area contributed by atoms with Gasteiger partial charge in [0.15, 0.2) is 0 Å². The third kappa shape index (κ3) is 9.58. The Hall–Kier alpha value is -3.63. The number of hydrogen-bond donors (Lipinski definition) is 3. The van der Waals surface area contributed by atoms with Crippen molar-refractivity contribution in [2.75, 3.05) is 14.2 Å². The average molecular weight is 466 g/mol. The van der Waals surface area contributed by atoms with Gasteiger partial charge >= 0.3 is 18.0 Å². The van der Waals surface area contributed by atoms with Crippen molar-refractivity contribution in [3.05, 3.63) is 35.9 Å². The number of carbonyl (C=O) groups excluding carboxylic acids is 5. The van der Waals surface area contributed by atoms with Crippen LogP contribution in [0.4, 0.5) is 4.79 Å². The molecule has 0 bridgehead atoms. The normalized spacial score (nSPS) is 13.2. The molecule has 3 amide bonds. The molecule has 0 spiro atoms. The van der Waals surface area contributed by atoms with E-state index >= 15 is 0 Å². The highest BCUT2D eigenvalue weighted by molar-refractivity contribution is 6.06. The Morgan fingerprint density at radius 3 is 1.97 bits per heavy atom. The van der Waals surface area contributed by atoms with E-state index in [4.69, 9.17) is 4.74 Å². The zero-order chi connectivity index (χ0) is 25.0. The van der Waals surface area contributed by atoms with Crippen LogP contribution in [0.5, 0.6) is 0 Å². The third-order valence-corrected chi connectivity index (χ3v) is 4.43. The van der Waals surface area contributed by atoms with Crippen molar-refractivity contribution < 1.29 is 38.2 Å². The predicted molar refractivity (Wildman–Crippen MR) is 117 cm³/mol. The highest BCUT2D eigenvalue weighted by Gasteiger charge is 2.34. The van der Waals surface area contributed by atoms with E-state index in [1.165, 1.54) is 6.92 Å². The van der Waals surface area contributed by atoms with Crippen LogP contribution in [-0.4, -0.2) is 62.2 Å². The quantitative estimate of drug-likeness (QED) is 0.245. The van der Waals surface area contributed by atoms with E-state index in [9.17, 15) is 24.0 Å². The first-order valence-electron chi connectivity index (χ1n) is 10.3. The first-order valence-corrected chi connectivity index (χ1v) is 10.3. The summed E-state index contributed by atoms with van der Waals surface area (Å²) in [5, 5.41) is 6.99. The summed E-state index contributed by atoms with van der Waals surface area (Å²) in [4.78, 5) is 61.2. The fourth-order valence-corrected chi connectivity index (χ4v) is 2.73. The number of benzene rings is 1. The molecular weight excluding hydrogens is 434 g/mol. The van der Waals surface area contributed by atoms with E-state index in [-0.39, 0.29) is 18.9 Å². The van der Waals surface area contributed by atoms with Gasteiger partial charge in [0, 0.05) is 0 Å². The molecule has 11 heteroatoms. The molecule has 3 N–H and O–H groups in total. The Kier molecular flexibility index (Phi) is 11.4. The lowest BCUT2D eigenvalue weighted by molar-refractivity contribution is -0.151. The molecule has 1 unspecified atom stereocenters. The molecule has 0 aliphatic heterocycles. The molecule has 11 nitrogen and oxygen atoms in total. The maximum Gasteiger partial charge on any atom is 0.408 e. The first-order chi connectivity index (χ1) is 15.6. The largest absolute Gasteiger partial charge is 0.467 e. The van der Waals surface area contributed by atoms with Gasteiger partial charge in [0.05, 0.1) is 14.2 Å². The highest BCUT2D eigenvalue weighted by atomic mass is 16.5. The SMILES string of the molecule is COC(=O)C(NC(=O)[C@H](CC(C)C)NC(=O)OCc1ccccc1)C(=O)N[C@@H](C)C(=O)OC. The molecule has 1 aromatic rings. The number of carbonyl (C=O) groups is 5. The summed E-state index contributed by atoms with van der Waals surface area (Å²) < 4.78 is 14.3. The van der Waals surface area contributed by atoms with Crippen molar-refractivity contribution in [1.29, 1.82) is 0 Å². The second-order valence-corrected chi connectivity index (χ2v) is 7.61. The van der Waals surface area contributed by atoms with Gasteiger partial charge in [0.25, 0.3) is 5.91 Å². The van der Waals surface area contributed by atoms with Crippen LogP contribution in [-0.2, 0) is 40.0 Å². The van der Waals surface area contributed by atoms with Gasteiger partial charge in [0.1, 0.15) is 18.7 Å². The summed E-state index contributed by atoms with van der Waals surface area (Å²) in [6, 6.07) is 5.07. The number of ether oxygens (including phenoxy) is 3. The molecule has 1 aromatic carbocycles. The summed E-state index contributed by atoms with van der Waals surface area (Å²) in [6.07, 6.45) is -0.626. The van der Waals surface area contributed by atoms with Crippen LogP contribution in [0.25, 0.3) is 0 Å². The van der Waals surface area contributed by atoms with Gasteiger partial charge in [0.2, 0.25) is 11.9 Å². The van der Waals surface area contributed by atoms with Crippen molar-refractivity contribution in [3.8, 4) is 0 Å². The van der Waals surface area contributed by atoms with Crippen LogP contribution in [0.2, 0.25) is 0 Å². The molecule has 1 rings (SSSR count). The zero-order valence-corrected chi connectivity index (χ0v) is 19.4. The van der Waals surface area contributed by atoms with Gasteiger partial charge < -0.3 is 30.2 Å². The highest BCUT2D eigenvalue weighted by Crippen LogP contribution is 2.07. The molecule has 0 aromatic heterocycles. The topological polar surface area (TPSA) is 149 Å². The van der Waals surface area contributed by atoms with Crippen molar-refractivity contribution in [2.45, 2.75) is 51.9 Å². The minimum absolute atomic E-state index is 0.00129. The van der Waals surface area contributed by atoms with Gasteiger partial charge in [-0.3, -0.25) is 9.59 Å².